The number of amides is 2. The lowest BCUT2D eigenvalue weighted by atomic mass is 10.1. The monoisotopic (exact) mass is 597 g/mol. The third-order valence-corrected chi connectivity index (χ3v) is 8.01. The summed E-state index contributed by atoms with van der Waals surface area (Å²) < 4.78 is 16.6. The van der Waals surface area contributed by atoms with Crippen molar-refractivity contribution in [2.24, 2.45) is 5.10 Å². The highest BCUT2D eigenvalue weighted by atomic mass is 35.5. The van der Waals surface area contributed by atoms with E-state index in [9.17, 15) is 14.4 Å². The normalized spacial score (nSPS) is 13.0. The predicted octanol–water partition coefficient (Wildman–Crippen LogP) is 5.91. The van der Waals surface area contributed by atoms with Crippen molar-refractivity contribution in [1.29, 1.82) is 0 Å². The van der Waals surface area contributed by atoms with Gasteiger partial charge in [0.25, 0.3) is 0 Å². The number of anilines is 1. The molecular weight excluding hydrogens is 566 g/mol. The molecule has 0 atom stereocenters. The van der Waals surface area contributed by atoms with Gasteiger partial charge in [-0.3, -0.25) is 9.59 Å². The summed E-state index contributed by atoms with van der Waals surface area (Å²) in [6, 6.07) is 12.6. The third-order valence-electron chi connectivity index (χ3n) is 6.55. The Balaban J connectivity index is 1.42. The maximum absolute atomic E-state index is 12.7. The molecule has 4 rings (SSSR count). The molecule has 3 aromatic rings. The summed E-state index contributed by atoms with van der Waals surface area (Å²) >= 11 is 7.26. The lowest BCUT2D eigenvalue weighted by Gasteiger charge is -2.12. The first-order valence-electron chi connectivity index (χ1n) is 13.3. The van der Waals surface area contributed by atoms with Crippen molar-refractivity contribution in [2.45, 2.75) is 52.6 Å². The van der Waals surface area contributed by atoms with Crippen molar-refractivity contribution >= 4 is 51.4 Å². The molecule has 2 amide bonds. The van der Waals surface area contributed by atoms with Gasteiger partial charge in [-0.05, 0) is 81.0 Å². The number of benzene rings is 2. The van der Waals surface area contributed by atoms with Gasteiger partial charge in [-0.15, -0.1) is 11.3 Å². The fourth-order valence-electron chi connectivity index (χ4n) is 4.41. The molecule has 2 aromatic carbocycles. The number of hydrogen-bond donors (Lipinski definition) is 2. The molecule has 0 saturated carbocycles. The van der Waals surface area contributed by atoms with Crippen molar-refractivity contribution in [1.82, 2.24) is 5.43 Å². The van der Waals surface area contributed by atoms with Crippen LogP contribution in [-0.4, -0.2) is 37.2 Å². The van der Waals surface area contributed by atoms with Crippen LogP contribution in [0, 0.1) is 0 Å². The lowest BCUT2D eigenvalue weighted by molar-refractivity contribution is -0.136. The summed E-state index contributed by atoms with van der Waals surface area (Å²) in [5.41, 5.74) is 5.61. The number of hydrogen-bond acceptors (Lipinski definition) is 8. The molecule has 0 aliphatic heterocycles. The highest BCUT2D eigenvalue weighted by Gasteiger charge is 2.28. The second kappa shape index (κ2) is 14.1. The molecule has 1 heterocycles. The summed E-state index contributed by atoms with van der Waals surface area (Å²) in [6.07, 6.45) is 4.61. The van der Waals surface area contributed by atoms with Gasteiger partial charge in [-0.25, -0.2) is 10.2 Å². The van der Waals surface area contributed by atoms with Crippen LogP contribution in [0.1, 0.15) is 65.0 Å². The lowest BCUT2D eigenvalue weighted by Crippen LogP contribution is -2.33. The second-order valence-electron chi connectivity index (χ2n) is 9.36. The Labute approximate surface area is 247 Å². The minimum Gasteiger partial charge on any atom is -0.493 e. The topological polar surface area (TPSA) is 115 Å². The van der Waals surface area contributed by atoms with E-state index >= 15 is 0 Å². The number of fused-ring (bicyclic) bond motifs is 1. The summed E-state index contributed by atoms with van der Waals surface area (Å²) in [5.74, 6) is -1.36. The smallest absolute Gasteiger partial charge is 0.341 e. The number of esters is 1. The molecule has 0 radical (unpaired) electrons. The minimum atomic E-state index is -0.961. The number of nitrogens with zero attached hydrogens (tertiary/aromatic N) is 1. The predicted molar refractivity (Wildman–Crippen MR) is 159 cm³/mol. The highest BCUT2D eigenvalue weighted by molar-refractivity contribution is 7.17. The molecule has 216 valence electrons. The van der Waals surface area contributed by atoms with Gasteiger partial charge in [-0.2, -0.15) is 5.10 Å². The van der Waals surface area contributed by atoms with Crippen molar-refractivity contribution in [2.75, 3.05) is 19.0 Å². The van der Waals surface area contributed by atoms with Gasteiger partial charge in [0.05, 0.1) is 25.0 Å². The van der Waals surface area contributed by atoms with Crippen LogP contribution < -0.4 is 20.2 Å². The maximum Gasteiger partial charge on any atom is 0.341 e. The minimum absolute atomic E-state index is 0.214. The molecule has 9 nitrogen and oxygen atoms in total. The van der Waals surface area contributed by atoms with E-state index < -0.39 is 17.8 Å². The second-order valence-corrected chi connectivity index (χ2v) is 10.9. The number of hydrazone groups is 1. The van der Waals surface area contributed by atoms with Gasteiger partial charge >= 0.3 is 17.8 Å². The van der Waals surface area contributed by atoms with E-state index in [-0.39, 0.29) is 6.61 Å². The summed E-state index contributed by atoms with van der Waals surface area (Å²) in [7, 11) is 1.53. The van der Waals surface area contributed by atoms with E-state index in [4.69, 9.17) is 25.8 Å². The van der Waals surface area contributed by atoms with E-state index in [1.807, 2.05) is 12.1 Å². The molecule has 0 bridgehead atoms. The molecule has 0 unspecified atom stereocenters. The Morgan fingerprint density at radius 3 is 2.49 bits per heavy atom. The van der Waals surface area contributed by atoms with E-state index in [1.165, 1.54) is 18.4 Å². The molecule has 2 N–H and O–H groups in total. The summed E-state index contributed by atoms with van der Waals surface area (Å²) in [5, 5.41) is 7.67. The maximum atomic E-state index is 12.7. The van der Waals surface area contributed by atoms with E-state index in [0.29, 0.717) is 45.0 Å². The number of methoxy groups -OCH3 is 1. The van der Waals surface area contributed by atoms with Crippen LogP contribution in [0.2, 0.25) is 5.02 Å². The summed E-state index contributed by atoms with van der Waals surface area (Å²) in [6.45, 7) is 3.96. The number of rotatable bonds is 9. The van der Waals surface area contributed by atoms with E-state index in [0.717, 1.165) is 48.1 Å². The fraction of sp³-hybridized carbons (Fsp3) is 0.333. The van der Waals surface area contributed by atoms with E-state index in [1.54, 1.807) is 44.2 Å². The number of carbonyl (C=O) groups is 3. The summed E-state index contributed by atoms with van der Waals surface area (Å²) in [4.78, 5) is 39.1. The Hall–Kier alpha value is -3.89. The quantitative estimate of drug-likeness (QED) is 0.104. The average molecular weight is 598 g/mol. The number of aryl methyl sites for hydroxylation is 1. The van der Waals surface area contributed by atoms with Crippen molar-refractivity contribution in [3.63, 3.8) is 0 Å². The standard InChI is InChI=1S/C30H32ClN3O6S/c1-4-39-30(37)26-22-8-6-5-7-9-25(22)41-29(26)32-27(35)28(36)34-33-18(2)20-12-15-23(24(16-20)38-3)40-17-19-10-13-21(31)14-11-19/h10-16H,4-9,17H2,1-3H3,(H,32,35)(H,34,36)/b33-18+. The van der Waals surface area contributed by atoms with E-state index in [2.05, 4.69) is 15.8 Å². The molecule has 0 saturated heterocycles. The zero-order valence-electron chi connectivity index (χ0n) is 23.2. The van der Waals surface area contributed by atoms with Gasteiger partial charge in [0.2, 0.25) is 0 Å². The first kappa shape index (κ1) is 30.1. The Bertz CT molecular complexity index is 1450. The molecule has 1 aliphatic carbocycles. The number of carbonyl (C=O) groups excluding carboxylic acids is 3. The van der Waals surface area contributed by atoms with Crippen LogP contribution >= 0.6 is 22.9 Å². The Morgan fingerprint density at radius 1 is 1.00 bits per heavy atom. The van der Waals surface area contributed by atoms with Crippen LogP contribution in [-0.2, 0) is 33.8 Å². The number of ether oxygens (including phenoxy) is 3. The van der Waals surface area contributed by atoms with Crippen molar-refractivity contribution in [3.8, 4) is 11.5 Å². The first-order chi connectivity index (χ1) is 19.8. The van der Waals surface area contributed by atoms with Gasteiger partial charge in [-0.1, -0.05) is 30.2 Å². The Morgan fingerprint density at radius 2 is 1.76 bits per heavy atom. The number of halogens is 1. The molecule has 41 heavy (non-hydrogen) atoms. The van der Waals surface area contributed by atoms with Gasteiger partial charge in [0.15, 0.2) is 11.5 Å². The zero-order valence-corrected chi connectivity index (χ0v) is 24.7. The van der Waals surface area contributed by atoms with Crippen LogP contribution in [0.5, 0.6) is 11.5 Å². The first-order valence-corrected chi connectivity index (χ1v) is 14.5. The molecule has 0 fully saturated rings. The molecule has 1 aromatic heterocycles. The third kappa shape index (κ3) is 7.65. The largest absolute Gasteiger partial charge is 0.493 e. The van der Waals surface area contributed by atoms with Gasteiger partial charge in [0, 0.05) is 15.5 Å². The Kier molecular flexibility index (Phi) is 10.4. The molecule has 0 spiro atoms. The van der Waals surface area contributed by atoms with Crippen molar-refractivity contribution < 1.29 is 28.6 Å². The van der Waals surface area contributed by atoms with Crippen LogP contribution in [0.25, 0.3) is 0 Å². The average Bonchev–Trinajstić information content (AvgIpc) is 3.15. The van der Waals surface area contributed by atoms with Crippen LogP contribution in [0.3, 0.4) is 0 Å². The SMILES string of the molecule is CCOC(=O)c1c(NC(=O)C(=O)N/N=C(\C)c2ccc(OCc3ccc(Cl)cc3)c(OC)c2)sc2c1CCCCC2. The zero-order chi connectivity index (χ0) is 29.4. The number of nitrogens with one attached hydrogen (secondary N) is 2. The van der Waals surface area contributed by atoms with Crippen LogP contribution in [0.4, 0.5) is 5.00 Å². The fourth-order valence-corrected chi connectivity index (χ4v) is 5.81. The molecule has 1 aliphatic rings. The molecular formula is C30H32ClN3O6S. The van der Waals surface area contributed by atoms with Crippen LogP contribution in [0.15, 0.2) is 47.6 Å². The number of thiophene rings is 1. The van der Waals surface area contributed by atoms with Gasteiger partial charge < -0.3 is 19.5 Å². The van der Waals surface area contributed by atoms with Crippen molar-refractivity contribution in [3.05, 3.63) is 74.6 Å². The molecule has 11 heteroatoms. The van der Waals surface area contributed by atoms with Gasteiger partial charge in [0.1, 0.15) is 11.6 Å². The highest BCUT2D eigenvalue weighted by Crippen LogP contribution is 2.38.